The number of rotatable bonds is 4. The molecule has 0 aliphatic carbocycles. The average molecular weight is 283 g/mol. The van der Waals surface area contributed by atoms with Gasteiger partial charge in [-0.15, -0.1) is 0 Å². The number of piperidine rings is 1. The van der Waals surface area contributed by atoms with Crippen LogP contribution in [0.2, 0.25) is 0 Å². The number of hydrogen-bond acceptors (Lipinski definition) is 5. The van der Waals surface area contributed by atoms with Crippen LogP contribution in [0.5, 0.6) is 0 Å². The summed E-state index contributed by atoms with van der Waals surface area (Å²) in [4.78, 5) is 0. The Morgan fingerprint density at radius 1 is 1.29 bits per heavy atom. The summed E-state index contributed by atoms with van der Waals surface area (Å²) in [6.07, 6.45) is 1.84. The minimum atomic E-state index is -3.76. The van der Waals surface area contributed by atoms with E-state index in [0.29, 0.717) is 12.8 Å². The number of sulfonamides is 1. The lowest BCUT2D eigenvalue weighted by molar-refractivity contribution is 0.316. The van der Waals surface area contributed by atoms with Crippen LogP contribution in [-0.4, -0.2) is 51.4 Å². The minimum Gasteiger partial charge on any atom is -0.387 e. The van der Waals surface area contributed by atoms with Gasteiger partial charge in [0.05, 0.1) is 5.84 Å². The van der Waals surface area contributed by atoms with Gasteiger partial charge in [0.15, 0.2) is 14.9 Å². The van der Waals surface area contributed by atoms with E-state index in [2.05, 4.69) is 0 Å². The molecule has 0 unspecified atom stereocenters. The lowest BCUT2D eigenvalue weighted by Gasteiger charge is -2.30. The van der Waals surface area contributed by atoms with Crippen LogP contribution in [0.3, 0.4) is 0 Å². The second-order valence-electron chi connectivity index (χ2n) is 4.28. The van der Waals surface area contributed by atoms with Crippen LogP contribution < -0.4 is 5.73 Å². The van der Waals surface area contributed by atoms with Gasteiger partial charge in [-0.05, 0) is 12.8 Å². The highest BCUT2D eigenvalue weighted by Gasteiger charge is 2.31. The zero-order valence-electron chi connectivity index (χ0n) is 9.59. The first-order chi connectivity index (χ1) is 7.62. The predicted octanol–water partition coefficient (Wildman–Crippen LogP) is -1.03. The maximum Gasteiger partial charge on any atom is 0.228 e. The smallest absolute Gasteiger partial charge is 0.228 e. The maximum absolute atomic E-state index is 11.7. The molecule has 1 aliphatic heterocycles. The fourth-order valence-corrected chi connectivity index (χ4v) is 5.32. The minimum absolute atomic E-state index is 0.0603. The van der Waals surface area contributed by atoms with Crippen molar-refractivity contribution in [1.29, 1.82) is 5.41 Å². The standard InChI is InChI=1S/C8H17N3O4S2/c1-16(12,13)6-17(14,15)11-4-2-7(3-5-11)8(9)10/h7H,2-6H2,1H3,(H3,9,10). The SMILES string of the molecule is CS(=O)(=O)CS(=O)(=O)N1CCC(C(=N)N)CC1. The molecule has 0 bridgehead atoms. The average Bonchev–Trinajstić information content (AvgIpc) is 2.14. The zero-order chi connectivity index (χ0) is 13.3. The van der Waals surface area contributed by atoms with E-state index in [1.54, 1.807) is 0 Å². The highest BCUT2D eigenvalue weighted by molar-refractivity contribution is 8.06. The Morgan fingerprint density at radius 2 is 1.76 bits per heavy atom. The Labute approximate surface area is 101 Å². The van der Waals surface area contributed by atoms with E-state index in [0.717, 1.165) is 10.6 Å². The van der Waals surface area contributed by atoms with Gasteiger partial charge in [0.2, 0.25) is 10.0 Å². The number of amidine groups is 1. The van der Waals surface area contributed by atoms with Crippen molar-refractivity contribution in [2.24, 2.45) is 11.7 Å². The van der Waals surface area contributed by atoms with E-state index in [-0.39, 0.29) is 24.8 Å². The molecule has 1 fully saturated rings. The topological polar surface area (TPSA) is 121 Å². The summed E-state index contributed by atoms with van der Waals surface area (Å²) < 4.78 is 46.6. The lowest BCUT2D eigenvalue weighted by Crippen LogP contribution is -2.43. The molecule has 0 aromatic heterocycles. The molecular weight excluding hydrogens is 266 g/mol. The molecule has 0 amide bonds. The summed E-state index contributed by atoms with van der Waals surface area (Å²) in [6.45, 7) is 0.449. The molecule has 100 valence electrons. The second-order valence-corrected chi connectivity index (χ2v) is 8.76. The molecule has 17 heavy (non-hydrogen) atoms. The van der Waals surface area contributed by atoms with Gasteiger partial charge in [-0.3, -0.25) is 5.41 Å². The molecule has 1 heterocycles. The van der Waals surface area contributed by atoms with Gasteiger partial charge in [-0.1, -0.05) is 0 Å². The molecule has 0 saturated carbocycles. The van der Waals surface area contributed by atoms with Gasteiger partial charge < -0.3 is 5.73 Å². The zero-order valence-corrected chi connectivity index (χ0v) is 11.2. The number of nitrogens with zero attached hydrogens (tertiary/aromatic N) is 1. The van der Waals surface area contributed by atoms with E-state index >= 15 is 0 Å². The normalized spacial score (nSPS) is 20.3. The van der Waals surface area contributed by atoms with Crippen LogP contribution in [-0.2, 0) is 19.9 Å². The van der Waals surface area contributed by atoms with Crippen LogP contribution in [0.4, 0.5) is 0 Å². The quantitative estimate of drug-likeness (QED) is 0.504. The predicted molar refractivity (Wildman–Crippen MR) is 64.8 cm³/mol. The molecule has 0 aromatic rings. The van der Waals surface area contributed by atoms with Gasteiger partial charge in [0, 0.05) is 25.3 Å². The molecule has 1 aliphatic rings. The number of nitrogens with two attached hydrogens (primary N) is 1. The highest BCUT2D eigenvalue weighted by Crippen LogP contribution is 2.20. The van der Waals surface area contributed by atoms with E-state index in [9.17, 15) is 16.8 Å². The Kier molecular flexibility index (Phi) is 4.15. The second kappa shape index (κ2) is 4.91. The number of sulfone groups is 1. The fourth-order valence-electron chi connectivity index (χ4n) is 1.79. The Hall–Kier alpha value is -0.670. The van der Waals surface area contributed by atoms with Gasteiger partial charge in [-0.25, -0.2) is 21.1 Å². The van der Waals surface area contributed by atoms with Gasteiger partial charge in [0.1, 0.15) is 0 Å². The van der Waals surface area contributed by atoms with Crippen LogP contribution in [0.1, 0.15) is 12.8 Å². The van der Waals surface area contributed by atoms with Crippen molar-refractivity contribution in [2.45, 2.75) is 12.8 Å². The maximum atomic E-state index is 11.7. The third kappa shape index (κ3) is 4.25. The molecule has 0 radical (unpaired) electrons. The highest BCUT2D eigenvalue weighted by atomic mass is 32.3. The molecule has 0 atom stereocenters. The first-order valence-electron chi connectivity index (χ1n) is 5.11. The molecule has 9 heteroatoms. The van der Waals surface area contributed by atoms with Crippen molar-refractivity contribution in [3.05, 3.63) is 0 Å². The van der Waals surface area contributed by atoms with Crippen molar-refractivity contribution in [1.82, 2.24) is 4.31 Å². The molecule has 1 saturated heterocycles. The van der Waals surface area contributed by atoms with E-state index in [1.165, 1.54) is 0 Å². The van der Waals surface area contributed by atoms with Crippen LogP contribution in [0.15, 0.2) is 0 Å². The van der Waals surface area contributed by atoms with Crippen molar-refractivity contribution in [3.8, 4) is 0 Å². The van der Waals surface area contributed by atoms with Crippen molar-refractivity contribution < 1.29 is 16.8 Å². The summed E-state index contributed by atoms with van der Waals surface area (Å²) in [6, 6.07) is 0. The Bertz CT molecular complexity index is 489. The van der Waals surface area contributed by atoms with Crippen LogP contribution >= 0.6 is 0 Å². The third-order valence-corrected chi connectivity index (χ3v) is 6.71. The Balaban J connectivity index is 2.69. The van der Waals surface area contributed by atoms with Gasteiger partial charge in [0.25, 0.3) is 0 Å². The van der Waals surface area contributed by atoms with Gasteiger partial charge >= 0.3 is 0 Å². The monoisotopic (exact) mass is 283 g/mol. The van der Waals surface area contributed by atoms with E-state index < -0.39 is 24.9 Å². The van der Waals surface area contributed by atoms with E-state index in [1.807, 2.05) is 0 Å². The van der Waals surface area contributed by atoms with Crippen molar-refractivity contribution in [3.63, 3.8) is 0 Å². The first kappa shape index (κ1) is 14.4. The number of hydrogen-bond donors (Lipinski definition) is 2. The third-order valence-electron chi connectivity index (χ3n) is 2.65. The molecule has 0 spiro atoms. The molecule has 0 aromatic carbocycles. The van der Waals surface area contributed by atoms with E-state index in [4.69, 9.17) is 11.1 Å². The van der Waals surface area contributed by atoms with Crippen LogP contribution in [0, 0.1) is 11.3 Å². The number of nitrogens with one attached hydrogen (secondary N) is 1. The van der Waals surface area contributed by atoms with Crippen molar-refractivity contribution in [2.75, 3.05) is 24.4 Å². The van der Waals surface area contributed by atoms with Crippen LogP contribution in [0.25, 0.3) is 0 Å². The summed E-state index contributed by atoms with van der Waals surface area (Å²) >= 11 is 0. The lowest BCUT2D eigenvalue weighted by atomic mass is 9.97. The fraction of sp³-hybridized carbons (Fsp3) is 0.875. The first-order valence-corrected chi connectivity index (χ1v) is 8.78. The Morgan fingerprint density at radius 3 is 2.12 bits per heavy atom. The van der Waals surface area contributed by atoms with Gasteiger partial charge in [-0.2, -0.15) is 0 Å². The molecule has 3 N–H and O–H groups in total. The van der Waals surface area contributed by atoms with Crippen molar-refractivity contribution >= 4 is 25.7 Å². The summed E-state index contributed by atoms with van der Waals surface area (Å²) in [5, 5.41) is 6.41. The molecular formula is C8H17N3O4S2. The molecule has 1 rings (SSSR count). The summed E-state index contributed by atoms with van der Waals surface area (Å²) in [5.74, 6) is -0.0372. The summed E-state index contributed by atoms with van der Waals surface area (Å²) in [5.41, 5.74) is 5.34. The molecule has 7 nitrogen and oxygen atoms in total. The largest absolute Gasteiger partial charge is 0.387 e. The summed E-state index contributed by atoms with van der Waals surface area (Å²) in [7, 11) is -7.31.